The molecule has 27 heavy (non-hydrogen) atoms. The summed E-state index contributed by atoms with van der Waals surface area (Å²) in [5.74, 6) is 0.426. The number of benzene rings is 2. The minimum Gasteiger partial charge on any atom is -0.457 e. The molecule has 1 amide bonds. The van der Waals surface area contributed by atoms with Crippen LogP contribution >= 0.6 is 11.3 Å². The minimum absolute atomic E-state index is 0.364. The molecule has 2 aromatic carbocycles. The third-order valence-electron chi connectivity index (χ3n) is 3.54. The Labute approximate surface area is 160 Å². The maximum atomic E-state index is 12.0. The molecule has 0 radical (unpaired) electrons. The second kappa shape index (κ2) is 8.46. The average molecular weight is 382 g/mol. The van der Waals surface area contributed by atoms with Crippen LogP contribution < -0.4 is 10.1 Å². The summed E-state index contributed by atoms with van der Waals surface area (Å²) in [5.41, 5.74) is 1.19. The lowest BCUT2D eigenvalue weighted by atomic mass is 10.3. The van der Waals surface area contributed by atoms with Gasteiger partial charge in [0.25, 0.3) is 5.91 Å². The van der Waals surface area contributed by atoms with Crippen molar-refractivity contribution in [3.63, 3.8) is 0 Å². The second-order valence-electron chi connectivity index (χ2n) is 5.71. The van der Waals surface area contributed by atoms with Crippen LogP contribution in [0, 0.1) is 13.8 Å². The van der Waals surface area contributed by atoms with Gasteiger partial charge >= 0.3 is 5.97 Å². The SMILES string of the molecule is Cc1nc(C)c(C(=O)OCC(=O)Nc2ccc(Oc3ccccc3)cc2)s1. The highest BCUT2D eigenvalue weighted by Crippen LogP contribution is 2.22. The third kappa shape index (κ3) is 5.15. The highest BCUT2D eigenvalue weighted by Gasteiger charge is 2.16. The summed E-state index contributed by atoms with van der Waals surface area (Å²) in [6.07, 6.45) is 0. The van der Waals surface area contributed by atoms with Gasteiger partial charge in [0.05, 0.1) is 10.7 Å². The molecule has 6 nitrogen and oxygen atoms in total. The lowest BCUT2D eigenvalue weighted by Crippen LogP contribution is -2.20. The molecule has 0 spiro atoms. The molecule has 0 aliphatic rings. The van der Waals surface area contributed by atoms with Gasteiger partial charge in [0.2, 0.25) is 0 Å². The number of ether oxygens (including phenoxy) is 2. The van der Waals surface area contributed by atoms with Gasteiger partial charge in [-0.1, -0.05) is 18.2 Å². The fourth-order valence-electron chi connectivity index (χ4n) is 2.35. The largest absolute Gasteiger partial charge is 0.457 e. The molecule has 0 unspecified atom stereocenters. The molecule has 0 saturated heterocycles. The molecule has 7 heteroatoms. The Kier molecular flexibility index (Phi) is 5.83. The Hall–Kier alpha value is -3.19. The van der Waals surface area contributed by atoms with Crippen molar-refractivity contribution < 1.29 is 19.1 Å². The van der Waals surface area contributed by atoms with Gasteiger partial charge in [-0.2, -0.15) is 0 Å². The van der Waals surface area contributed by atoms with Crippen molar-refractivity contribution >= 4 is 28.9 Å². The number of carbonyl (C=O) groups excluding carboxylic acids is 2. The van der Waals surface area contributed by atoms with E-state index in [9.17, 15) is 9.59 Å². The first-order valence-electron chi connectivity index (χ1n) is 8.25. The third-order valence-corrected chi connectivity index (χ3v) is 4.59. The second-order valence-corrected chi connectivity index (χ2v) is 6.91. The molecule has 1 heterocycles. The molecule has 0 fully saturated rings. The summed E-state index contributed by atoms with van der Waals surface area (Å²) in [6, 6.07) is 16.3. The number of hydrogen-bond acceptors (Lipinski definition) is 6. The van der Waals surface area contributed by atoms with E-state index in [0.29, 0.717) is 22.0 Å². The number of esters is 1. The number of aryl methyl sites for hydroxylation is 2. The first kappa shape index (κ1) is 18.6. The number of anilines is 1. The van der Waals surface area contributed by atoms with Crippen molar-refractivity contribution in [2.24, 2.45) is 0 Å². The number of para-hydroxylation sites is 1. The summed E-state index contributed by atoms with van der Waals surface area (Å²) in [5, 5.41) is 3.46. The zero-order valence-corrected chi connectivity index (χ0v) is 15.7. The van der Waals surface area contributed by atoms with E-state index in [1.54, 1.807) is 31.2 Å². The lowest BCUT2D eigenvalue weighted by Gasteiger charge is -2.08. The van der Waals surface area contributed by atoms with Gasteiger partial charge in [0.15, 0.2) is 6.61 Å². The first-order chi connectivity index (χ1) is 13.0. The Balaban J connectivity index is 1.50. The van der Waals surface area contributed by atoms with E-state index in [1.165, 1.54) is 11.3 Å². The molecule has 3 aromatic rings. The average Bonchev–Trinajstić information content (AvgIpc) is 3.00. The van der Waals surface area contributed by atoms with Crippen LogP contribution in [0.2, 0.25) is 0 Å². The Morgan fingerprint density at radius 2 is 1.67 bits per heavy atom. The van der Waals surface area contributed by atoms with Gasteiger partial charge in [0, 0.05) is 5.69 Å². The normalized spacial score (nSPS) is 10.3. The van der Waals surface area contributed by atoms with Gasteiger partial charge in [-0.05, 0) is 50.2 Å². The molecule has 138 valence electrons. The predicted octanol–water partition coefficient (Wildman–Crippen LogP) is 4.35. The monoisotopic (exact) mass is 382 g/mol. The van der Waals surface area contributed by atoms with Crippen LogP contribution in [-0.2, 0) is 9.53 Å². The van der Waals surface area contributed by atoms with E-state index in [4.69, 9.17) is 9.47 Å². The predicted molar refractivity (Wildman–Crippen MR) is 103 cm³/mol. The molecule has 1 aromatic heterocycles. The Morgan fingerprint density at radius 3 is 2.30 bits per heavy atom. The number of thiazole rings is 1. The van der Waals surface area contributed by atoms with Gasteiger partial charge in [0.1, 0.15) is 16.4 Å². The van der Waals surface area contributed by atoms with Crippen molar-refractivity contribution in [1.29, 1.82) is 0 Å². The quantitative estimate of drug-likeness (QED) is 0.642. The van der Waals surface area contributed by atoms with Crippen molar-refractivity contribution in [2.45, 2.75) is 13.8 Å². The summed E-state index contributed by atoms with van der Waals surface area (Å²) < 4.78 is 10.7. The van der Waals surface area contributed by atoms with Crippen molar-refractivity contribution in [1.82, 2.24) is 4.98 Å². The van der Waals surface area contributed by atoms with Crippen molar-refractivity contribution in [3.8, 4) is 11.5 Å². The van der Waals surface area contributed by atoms with Crippen LogP contribution in [-0.4, -0.2) is 23.5 Å². The topological polar surface area (TPSA) is 77.5 Å². The lowest BCUT2D eigenvalue weighted by molar-refractivity contribution is -0.119. The maximum absolute atomic E-state index is 12.0. The van der Waals surface area contributed by atoms with Crippen LogP contribution in [0.1, 0.15) is 20.4 Å². The number of aromatic nitrogens is 1. The van der Waals surface area contributed by atoms with E-state index in [2.05, 4.69) is 10.3 Å². The van der Waals surface area contributed by atoms with E-state index >= 15 is 0 Å². The van der Waals surface area contributed by atoms with E-state index in [1.807, 2.05) is 37.3 Å². The zero-order valence-electron chi connectivity index (χ0n) is 14.9. The van der Waals surface area contributed by atoms with Gasteiger partial charge in [-0.25, -0.2) is 9.78 Å². The summed E-state index contributed by atoms with van der Waals surface area (Å²) in [6.45, 7) is 3.18. The first-order valence-corrected chi connectivity index (χ1v) is 9.07. The number of amides is 1. The Bertz CT molecular complexity index is 936. The number of nitrogens with zero attached hydrogens (tertiary/aromatic N) is 1. The van der Waals surface area contributed by atoms with Crippen LogP contribution in [0.5, 0.6) is 11.5 Å². The van der Waals surface area contributed by atoms with Crippen LogP contribution in [0.15, 0.2) is 54.6 Å². The minimum atomic E-state index is -0.542. The number of carbonyl (C=O) groups is 2. The van der Waals surface area contributed by atoms with Gasteiger partial charge in [-0.3, -0.25) is 4.79 Å². The summed E-state index contributed by atoms with van der Waals surface area (Å²) in [4.78, 5) is 28.6. The standard InChI is InChI=1S/C20H18N2O4S/c1-13-19(27-14(2)21-13)20(24)25-12-18(23)22-15-8-10-17(11-9-15)26-16-6-4-3-5-7-16/h3-11H,12H2,1-2H3,(H,22,23). The summed E-state index contributed by atoms with van der Waals surface area (Å²) in [7, 11) is 0. The Morgan fingerprint density at radius 1 is 1.00 bits per heavy atom. The molecule has 1 N–H and O–H groups in total. The zero-order chi connectivity index (χ0) is 19.2. The van der Waals surface area contributed by atoms with E-state index in [-0.39, 0.29) is 6.61 Å². The fourth-order valence-corrected chi connectivity index (χ4v) is 3.16. The molecular weight excluding hydrogens is 364 g/mol. The number of rotatable bonds is 6. The maximum Gasteiger partial charge on any atom is 0.350 e. The molecule has 3 rings (SSSR count). The van der Waals surface area contributed by atoms with Crippen molar-refractivity contribution in [2.75, 3.05) is 11.9 Å². The molecule has 0 aliphatic carbocycles. The van der Waals surface area contributed by atoms with Crippen LogP contribution in [0.25, 0.3) is 0 Å². The van der Waals surface area contributed by atoms with E-state index in [0.717, 1.165) is 10.8 Å². The molecule has 0 atom stereocenters. The molecule has 0 saturated carbocycles. The molecule has 0 aliphatic heterocycles. The smallest absolute Gasteiger partial charge is 0.350 e. The van der Waals surface area contributed by atoms with Crippen LogP contribution in [0.4, 0.5) is 5.69 Å². The highest BCUT2D eigenvalue weighted by atomic mass is 32.1. The van der Waals surface area contributed by atoms with Gasteiger partial charge in [-0.15, -0.1) is 11.3 Å². The van der Waals surface area contributed by atoms with Gasteiger partial charge < -0.3 is 14.8 Å². The molecule has 0 bridgehead atoms. The van der Waals surface area contributed by atoms with E-state index < -0.39 is 11.9 Å². The van der Waals surface area contributed by atoms with Crippen molar-refractivity contribution in [3.05, 3.63) is 70.2 Å². The van der Waals surface area contributed by atoms with Crippen LogP contribution in [0.3, 0.4) is 0 Å². The summed E-state index contributed by atoms with van der Waals surface area (Å²) >= 11 is 1.25. The fraction of sp³-hybridized carbons (Fsp3) is 0.150. The number of nitrogens with one attached hydrogen (secondary N) is 1. The number of hydrogen-bond donors (Lipinski definition) is 1. The molecular formula is C20H18N2O4S. The highest BCUT2D eigenvalue weighted by molar-refractivity contribution is 7.13.